The van der Waals surface area contributed by atoms with Gasteiger partial charge >= 0.3 is 11.7 Å². The van der Waals surface area contributed by atoms with Gasteiger partial charge in [0.15, 0.2) is 0 Å². The molecule has 1 saturated heterocycles. The Kier molecular flexibility index (Phi) is 4.53. The van der Waals surface area contributed by atoms with E-state index in [4.69, 9.17) is 5.11 Å². The number of aliphatic carboxylic acids is 1. The molecule has 2 heterocycles. The lowest BCUT2D eigenvalue weighted by atomic mass is 10.0. The number of halogens is 1. The summed E-state index contributed by atoms with van der Waals surface area (Å²) in [6, 6.07) is 0. The molecule has 8 heteroatoms. The minimum atomic E-state index is -0.806. The molecule has 1 fully saturated rings. The highest BCUT2D eigenvalue weighted by Crippen LogP contribution is 2.38. The third-order valence-electron chi connectivity index (χ3n) is 3.42. The highest BCUT2D eigenvalue weighted by molar-refractivity contribution is 9.10. The van der Waals surface area contributed by atoms with Crippen molar-refractivity contribution in [3.8, 4) is 0 Å². The smallest absolute Gasteiger partial charge is 0.311 e. The molecule has 0 radical (unpaired) electrons. The summed E-state index contributed by atoms with van der Waals surface area (Å²) < 4.78 is 0.589. The zero-order valence-corrected chi connectivity index (χ0v) is 12.2. The molecule has 1 N–H and O–H groups in total. The zero-order valence-electron chi connectivity index (χ0n) is 10.7. The summed E-state index contributed by atoms with van der Waals surface area (Å²) in [7, 11) is 0. The van der Waals surface area contributed by atoms with E-state index in [1.54, 1.807) is 0 Å². The highest BCUT2D eigenvalue weighted by Gasteiger charge is 2.29. The number of hydrogen-bond acceptors (Lipinski definition) is 5. The van der Waals surface area contributed by atoms with E-state index in [0.717, 1.165) is 6.42 Å². The summed E-state index contributed by atoms with van der Waals surface area (Å²) in [5.74, 6) is -0.551. The number of rotatable bonds is 5. The lowest BCUT2D eigenvalue weighted by molar-refractivity contribution is -0.384. The number of anilines is 1. The Labute approximate surface area is 123 Å². The highest BCUT2D eigenvalue weighted by atomic mass is 79.9. The molecule has 0 saturated carbocycles. The summed E-state index contributed by atoms with van der Waals surface area (Å²) in [5, 5.41) is 19.8. The first-order valence-corrected chi connectivity index (χ1v) is 7.03. The van der Waals surface area contributed by atoms with Crippen molar-refractivity contribution in [2.75, 3.05) is 18.0 Å². The van der Waals surface area contributed by atoms with Crippen LogP contribution < -0.4 is 4.90 Å². The molecule has 7 nitrogen and oxygen atoms in total. The number of carboxylic acids is 1. The van der Waals surface area contributed by atoms with E-state index in [1.165, 1.54) is 12.4 Å². The number of carboxylic acid groups (broad SMARTS) is 1. The average molecular weight is 344 g/mol. The SMILES string of the molecule is O=C(O)CCC1CCN(c2c(Br)cncc2[N+](=O)[O-])C1. The molecule has 1 atom stereocenters. The molecular formula is C12H14BrN3O4. The molecule has 0 aliphatic carbocycles. The maximum Gasteiger partial charge on any atom is 0.311 e. The Bertz CT molecular complexity index is 537. The standard InChI is InChI=1S/C12H14BrN3O4/c13-9-5-14-6-10(16(19)20)12(9)15-4-3-8(7-15)1-2-11(17)18/h5-6,8H,1-4,7H2,(H,17,18). The Balaban J connectivity index is 2.14. The molecule has 0 amide bonds. The maximum absolute atomic E-state index is 11.1. The molecule has 0 bridgehead atoms. The molecule has 0 aromatic carbocycles. The van der Waals surface area contributed by atoms with Crippen LogP contribution >= 0.6 is 15.9 Å². The van der Waals surface area contributed by atoms with E-state index < -0.39 is 10.9 Å². The molecule has 1 aromatic heterocycles. The normalized spacial score (nSPS) is 18.2. The first-order valence-electron chi connectivity index (χ1n) is 6.23. The Morgan fingerprint density at radius 2 is 2.35 bits per heavy atom. The summed E-state index contributed by atoms with van der Waals surface area (Å²) >= 11 is 3.30. The number of pyridine rings is 1. The second-order valence-electron chi connectivity index (χ2n) is 4.78. The van der Waals surface area contributed by atoms with Crippen LogP contribution in [0, 0.1) is 16.0 Å². The van der Waals surface area contributed by atoms with Gasteiger partial charge in [0.05, 0.1) is 9.40 Å². The van der Waals surface area contributed by atoms with Crippen LogP contribution in [-0.2, 0) is 4.79 Å². The van der Waals surface area contributed by atoms with Crippen LogP contribution in [0.2, 0.25) is 0 Å². The van der Waals surface area contributed by atoms with Crippen LogP contribution in [0.25, 0.3) is 0 Å². The zero-order chi connectivity index (χ0) is 14.7. The lowest BCUT2D eigenvalue weighted by Crippen LogP contribution is -2.21. The Morgan fingerprint density at radius 3 is 3.00 bits per heavy atom. The molecular weight excluding hydrogens is 330 g/mol. The van der Waals surface area contributed by atoms with E-state index >= 15 is 0 Å². The van der Waals surface area contributed by atoms with Gasteiger partial charge in [0.1, 0.15) is 11.9 Å². The van der Waals surface area contributed by atoms with Gasteiger partial charge in [-0.05, 0) is 34.7 Å². The summed E-state index contributed by atoms with van der Waals surface area (Å²) in [5.41, 5.74) is 0.501. The summed E-state index contributed by atoms with van der Waals surface area (Å²) in [6.45, 7) is 1.32. The molecule has 108 valence electrons. The predicted molar refractivity (Wildman–Crippen MR) is 75.8 cm³/mol. The number of nitro groups is 1. The number of nitrogens with zero attached hydrogens (tertiary/aromatic N) is 3. The van der Waals surface area contributed by atoms with Gasteiger partial charge in [-0.3, -0.25) is 19.9 Å². The molecule has 1 aliphatic heterocycles. The summed E-state index contributed by atoms with van der Waals surface area (Å²) in [6.07, 6.45) is 4.36. The largest absolute Gasteiger partial charge is 0.481 e. The number of carbonyl (C=O) groups is 1. The molecule has 0 spiro atoms. The fourth-order valence-corrected chi connectivity index (χ4v) is 3.04. The molecule has 1 aliphatic rings. The van der Waals surface area contributed by atoms with Gasteiger partial charge in [0, 0.05) is 25.7 Å². The first-order chi connectivity index (χ1) is 9.49. The maximum atomic E-state index is 11.1. The van der Waals surface area contributed by atoms with Gasteiger partial charge in [0.2, 0.25) is 0 Å². The van der Waals surface area contributed by atoms with Crippen LogP contribution in [0.15, 0.2) is 16.9 Å². The van der Waals surface area contributed by atoms with Crippen molar-refractivity contribution in [1.29, 1.82) is 0 Å². The van der Waals surface area contributed by atoms with Crippen LogP contribution in [0.3, 0.4) is 0 Å². The van der Waals surface area contributed by atoms with Crippen molar-refractivity contribution >= 4 is 33.3 Å². The van der Waals surface area contributed by atoms with Crippen molar-refractivity contribution in [2.45, 2.75) is 19.3 Å². The minimum absolute atomic E-state index is 0.0294. The average Bonchev–Trinajstić information content (AvgIpc) is 2.84. The van der Waals surface area contributed by atoms with Crippen LogP contribution in [0.4, 0.5) is 11.4 Å². The first kappa shape index (κ1) is 14.7. The predicted octanol–water partition coefficient (Wildman–Crippen LogP) is 2.44. The van der Waals surface area contributed by atoms with Gasteiger partial charge in [-0.1, -0.05) is 0 Å². The van der Waals surface area contributed by atoms with Crippen LogP contribution in [0.5, 0.6) is 0 Å². The molecule has 20 heavy (non-hydrogen) atoms. The van der Waals surface area contributed by atoms with E-state index in [0.29, 0.717) is 29.7 Å². The molecule has 1 aromatic rings. The van der Waals surface area contributed by atoms with Crippen molar-refractivity contribution in [2.24, 2.45) is 5.92 Å². The summed E-state index contributed by atoms with van der Waals surface area (Å²) in [4.78, 5) is 27.0. The third-order valence-corrected chi connectivity index (χ3v) is 4.00. The second kappa shape index (κ2) is 6.17. The number of aromatic nitrogens is 1. The van der Waals surface area contributed by atoms with Crippen LogP contribution in [-0.4, -0.2) is 34.1 Å². The van der Waals surface area contributed by atoms with E-state index in [1.807, 2.05) is 4.90 Å². The van der Waals surface area contributed by atoms with Crippen molar-refractivity contribution in [1.82, 2.24) is 4.98 Å². The monoisotopic (exact) mass is 343 g/mol. The van der Waals surface area contributed by atoms with Crippen molar-refractivity contribution in [3.05, 3.63) is 27.0 Å². The van der Waals surface area contributed by atoms with Gasteiger partial charge in [-0.25, -0.2) is 0 Å². The topological polar surface area (TPSA) is 96.6 Å². The molecule has 1 unspecified atom stereocenters. The Morgan fingerprint density at radius 1 is 1.60 bits per heavy atom. The van der Waals surface area contributed by atoms with Crippen molar-refractivity contribution in [3.63, 3.8) is 0 Å². The third kappa shape index (κ3) is 3.24. The quantitative estimate of drug-likeness (QED) is 0.651. The minimum Gasteiger partial charge on any atom is -0.481 e. The van der Waals surface area contributed by atoms with Gasteiger partial charge in [-0.2, -0.15) is 0 Å². The van der Waals surface area contributed by atoms with Gasteiger partial charge in [-0.15, -0.1) is 0 Å². The van der Waals surface area contributed by atoms with Gasteiger partial charge < -0.3 is 10.0 Å². The van der Waals surface area contributed by atoms with E-state index in [9.17, 15) is 14.9 Å². The molecule has 2 rings (SSSR count). The van der Waals surface area contributed by atoms with E-state index in [2.05, 4.69) is 20.9 Å². The van der Waals surface area contributed by atoms with E-state index in [-0.39, 0.29) is 18.0 Å². The fourth-order valence-electron chi connectivity index (χ4n) is 2.46. The fraction of sp³-hybridized carbons (Fsp3) is 0.500. The number of hydrogen-bond donors (Lipinski definition) is 1. The van der Waals surface area contributed by atoms with Gasteiger partial charge in [0.25, 0.3) is 0 Å². The van der Waals surface area contributed by atoms with Crippen LogP contribution in [0.1, 0.15) is 19.3 Å². The second-order valence-corrected chi connectivity index (χ2v) is 5.63. The lowest BCUT2D eigenvalue weighted by Gasteiger charge is -2.19. The Hall–Kier alpha value is -1.70. The van der Waals surface area contributed by atoms with Crippen molar-refractivity contribution < 1.29 is 14.8 Å².